The molecule has 1 aliphatic rings. The monoisotopic (exact) mass is 417 g/mol. The van der Waals surface area contributed by atoms with E-state index >= 15 is 0 Å². The fourth-order valence-corrected chi connectivity index (χ4v) is 4.86. The number of hydrogen-bond donors (Lipinski definition) is 1. The topological polar surface area (TPSA) is 45.8 Å². The highest BCUT2D eigenvalue weighted by molar-refractivity contribution is 7.99. The fourth-order valence-electron chi connectivity index (χ4n) is 3.51. The molecule has 0 saturated heterocycles. The molecule has 0 aliphatic carbocycles. The van der Waals surface area contributed by atoms with Crippen molar-refractivity contribution in [3.63, 3.8) is 0 Å². The van der Waals surface area contributed by atoms with Gasteiger partial charge in [0.25, 0.3) is 0 Å². The molecule has 0 spiro atoms. The van der Waals surface area contributed by atoms with E-state index in [0.29, 0.717) is 30.8 Å². The van der Waals surface area contributed by atoms with Gasteiger partial charge in [-0.3, -0.25) is 0 Å². The lowest BCUT2D eigenvalue weighted by atomic mass is 10.1. The van der Waals surface area contributed by atoms with Gasteiger partial charge in [0.2, 0.25) is 0 Å². The van der Waals surface area contributed by atoms with Crippen LogP contribution in [0.4, 0.5) is 14.5 Å². The third-order valence-corrected chi connectivity index (χ3v) is 6.32. The second-order valence-corrected chi connectivity index (χ2v) is 8.09. The van der Waals surface area contributed by atoms with Crippen LogP contribution >= 0.6 is 11.8 Å². The molecule has 1 atom stereocenters. The highest BCUT2D eigenvalue weighted by Gasteiger charge is 2.26. The summed E-state index contributed by atoms with van der Waals surface area (Å²) in [4.78, 5) is 3.13. The van der Waals surface area contributed by atoms with Crippen LogP contribution in [0.1, 0.15) is 28.8 Å². The zero-order valence-electron chi connectivity index (χ0n) is 15.9. The summed E-state index contributed by atoms with van der Waals surface area (Å²) in [5.74, 6) is 0.875. The van der Waals surface area contributed by atoms with Crippen molar-refractivity contribution in [3.05, 3.63) is 77.2 Å². The molecule has 2 aromatic carbocycles. The van der Waals surface area contributed by atoms with Crippen molar-refractivity contribution < 1.29 is 23.0 Å². The first-order valence-electron chi connectivity index (χ1n) is 9.30. The van der Waals surface area contributed by atoms with Gasteiger partial charge in [-0.15, -0.1) is 11.8 Å². The third kappa shape index (κ3) is 4.26. The first-order valence-corrected chi connectivity index (χ1v) is 10.2. The number of benzene rings is 2. The highest BCUT2D eigenvalue weighted by Crippen LogP contribution is 2.47. The van der Waals surface area contributed by atoms with Crippen LogP contribution in [0.5, 0.6) is 5.75 Å². The molecule has 0 fully saturated rings. The number of anilines is 1. The molecule has 0 saturated carbocycles. The summed E-state index contributed by atoms with van der Waals surface area (Å²) in [6.45, 7) is 1.05. The molecule has 152 valence electrons. The number of halogens is 2. The number of rotatable bonds is 5. The molecule has 1 unspecified atom stereocenters. The average Bonchev–Trinajstić information content (AvgIpc) is 3.10. The van der Waals surface area contributed by atoms with Crippen LogP contribution < -0.4 is 9.64 Å². The van der Waals surface area contributed by atoms with Crippen LogP contribution in [-0.2, 0) is 13.2 Å². The van der Waals surface area contributed by atoms with E-state index in [1.165, 1.54) is 12.1 Å². The Morgan fingerprint density at radius 3 is 2.69 bits per heavy atom. The molecule has 0 radical (unpaired) electrons. The van der Waals surface area contributed by atoms with E-state index < -0.39 is 11.6 Å². The van der Waals surface area contributed by atoms with Crippen molar-refractivity contribution in [2.45, 2.75) is 29.7 Å². The van der Waals surface area contributed by atoms with Crippen LogP contribution in [-0.4, -0.2) is 18.8 Å². The number of nitrogens with zero attached hydrogens (tertiary/aromatic N) is 1. The molecule has 4 nitrogen and oxygen atoms in total. The quantitative estimate of drug-likeness (QED) is 0.610. The van der Waals surface area contributed by atoms with E-state index in [4.69, 9.17) is 9.15 Å². The molecule has 1 aliphatic heterocycles. The largest absolute Gasteiger partial charge is 0.497 e. The Kier molecular flexibility index (Phi) is 5.78. The molecule has 4 rings (SSSR count). The minimum Gasteiger partial charge on any atom is -0.497 e. The van der Waals surface area contributed by atoms with E-state index in [0.717, 1.165) is 28.2 Å². The molecule has 3 aromatic rings. The zero-order chi connectivity index (χ0) is 20.4. The maximum absolute atomic E-state index is 14.4. The van der Waals surface area contributed by atoms with Gasteiger partial charge in [-0.2, -0.15) is 0 Å². The first kappa shape index (κ1) is 19.8. The molecule has 7 heteroatoms. The van der Waals surface area contributed by atoms with Crippen molar-refractivity contribution in [1.29, 1.82) is 0 Å². The second kappa shape index (κ2) is 8.47. The van der Waals surface area contributed by atoms with Crippen LogP contribution in [0.25, 0.3) is 0 Å². The van der Waals surface area contributed by atoms with Gasteiger partial charge < -0.3 is 19.2 Å². The number of fused-ring (bicyclic) bond motifs is 1. The van der Waals surface area contributed by atoms with E-state index in [9.17, 15) is 13.9 Å². The number of hydrogen-bond acceptors (Lipinski definition) is 5. The number of aliphatic hydroxyl groups excluding tert-OH is 1. The summed E-state index contributed by atoms with van der Waals surface area (Å²) in [7, 11) is 1.61. The molecular formula is C22H21F2NO3S. The van der Waals surface area contributed by atoms with Crippen LogP contribution in [0.2, 0.25) is 0 Å². The van der Waals surface area contributed by atoms with E-state index in [1.807, 2.05) is 24.3 Å². The van der Waals surface area contributed by atoms with Crippen LogP contribution in [0, 0.1) is 11.6 Å². The van der Waals surface area contributed by atoms with Gasteiger partial charge in [-0.1, -0.05) is 6.07 Å². The van der Waals surface area contributed by atoms with Crippen molar-refractivity contribution in [1.82, 2.24) is 0 Å². The van der Waals surface area contributed by atoms with Crippen LogP contribution in [0.3, 0.4) is 0 Å². The molecule has 0 bridgehead atoms. The summed E-state index contributed by atoms with van der Waals surface area (Å²) in [5.41, 5.74) is 1.50. The lowest BCUT2D eigenvalue weighted by Crippen LogP contribution is -2.23. The standard InChI is InChI=1S/C22H21F2NO3S/c1-27-15-5-7-20-22(11-15)29-21(18-6-2-14(23)10-19(18)24)8-9-25(20)12-16-3-4-17(13-26)28-16/h2-7,10-11,21,26H,8-9,12-13H2,1H3. The predicted molar refractivity (Wildman–Crippen MR) is 108 cm³/mol. The van der Waals surface area contributed by atoms with E-state index in [2.05, 4.69) is 4.90 Å². The Bertz CT molecular complexity index is 1010. The number of ether oxygens (including phenoxy) is 1. The lowest BCUT2D eigenvalue weighted by Gasteiger charge is -2.23. The van der Waals surface area contributed by atoms with Gasteiger partial charge in [0.15, 0.2) is 0 Å². The SMILES string of the molecule is COc1ccc2c(c1)SC(c1ccc(F)cc1F)CCN2Cc1ccc(CO)o1. The zero-order valence-corrected chi connectivity index (χ0v) is 16.7. The Labute approximate surface area is 172 Å². The van der Waals surface area contributed by atoms with Crippen molar-refractivity contribution >= 4 is 17.4 Å². The maximum Gasteiger partial charge on any atom is 0.130 e. The Morgan fingerprint density at radius 1 is 1.14 bits per heavy atom. The van der Waals surface area contributed by atoms with Crippen molar-refractivity contribution in [3.8, 4) is 5.75 Å². The maximum atomic E-state index is 14.4. The second-order valence-electron chi connectivity index (χ2n) is 6.84. The van der Waals surface area contributed by atoms with Gasteiger partial charge in [-0.25, -0.2) is 8.78 Å². The number of thioether (sulfide) groups is 1. The average molecular weight is 417 g/mol. The van der Waals surface area contributed by atoms with E-state index in [1.54, 1.807) is 24.9 Å². The molecule has 1 aromatic heterocycles. The molecule has 2 heterocycles. The fraction of sp³-hybridized carbons (Fsp3) is 0.273. The Morgan fingerprint density at radius 2 is 1.97 bits per heavy atom. The normalized spacial score (nSPS) is 16.4. The van der Waals surface area contributed by atoms with Gasteiger partial charge in [0.05, 0.1) is 19.3 Å². The highest BCUT2D eigenvalue weighted by atomic mass is 32.2. The summed E-state index contributed by atoms with van der Waals surface area (Å²) in [6, 6.07) is 13.2. The Balaban J connectivity index is 1.67. The smallest absolute Gasteiger partial charge is 0.130 e. The molecule has 1 N–H and O–H groups in total. The first-order chi connectivity index (χ1) is 14.1. The number of methoxy groups -OCH3 is 1. The van der Waals surface area contributed by atoms with Gasteiger partial charge in [0, 0.05) is 28.3 Å². The lowest BCUT2D eigenvalue weighted by molar-refractivity contribution is 0.243. The van der Waals surface area contributed by atoms with E-state index in [-0.39, 0.29) is 11.9 Å². The summed E-state index contributed by atoms with van der Waals surface area (Å²) >= 11 is 1.55. The minimum atomic E-state index is -0.578. The van der Waals surface area contributed by atoms with Crippen molar-refractivity contribution in [2.75, 3.05) is 18.6 Å². The molecule has 0 amide bonds. The number of furan rings is 1. The summed E-state index contributed by atoms with van der Waals surface area (Å²) < 4.78 is 38.8. The summed E-state index contributed by atoms with van der Waals surface area (Å²) in [6.07, 6.45) is 0.678. The number of aliphatic hydroxyl groups is 1. The Hall–Kier alpha value is -2.51. The summed E-state index contributed by atoms with van der Waals surface area (Å²) in [5, 5.41) is 9.08. The minimum absolute atomic E-state index is 0.143. The van der Waals surface area contributed by atoms with Crippen molar-refractivity contribution in [2.24, 2.45) is 0 Å². The molecular weight excluding hydrogens is 396 g/mol. The molecule has 29 heavy (non-hydrogen) atoms. The van der Waals surface area contributed by atoms with Gasteiger partial charge >= 0.3 is 0 Å². The third-order valence-electron chi connectivity index (χ3n) is 4.97. The predicted octanol–water partition coefficient (Wildman–Crippen LogP) is 5.30. The van der Waals surface area contributed by atoms with Gasteiger partial charge in [0.1, 0.15) is 35.5 Å². The van der Waals surface area contributed by atoms with Gasteiger partial charge in [-0.05, 0) is 42.8 Å². The van der Waals surface area contributed by atoms with Crippen LogP contribution in [0.15, 0.2) is 57.8 Å².